The van der Waals surface area contributed by atoms with Crippen LogP contribution in [0, 0.1) is 0 Å². The minimum Gasteiger partial charge on any atom is -0.491 e. The van der Waals surface area contributed by atoms with Gasteiger partial charge in [-0.2, -0.15) is 5.10 Å². The number of hydrogen-bond acceptors (Lipinski definition) is 4. The van der Waals surface area contributed by atoms with Gasteiger partial charge in [-0.25, -0.2) is 0 Å². The Hall–Kier alpha value is -2.53. The number of rotatable bonds is 9. The normalized spacial score (nSPS) is 11.5. The molecule has 0 aliphatic carbocycles. The molecule has 0 amide bonds. The maximum absolute atomic E-state index is 6.03. The fourth-order valence-corrected chi connectivity index (χ4v) is 3.00. The zero-order valence-corrected chi connectivity index (χ0v) is 16.7. The average Bonchev–Trinajstić information content (AvgIpc) is 3.03. The molecule has 144 valence electrons. The number of nitrogens with one attached hydrogen (secondary N) is 1. The Balaban J connectivity index is 1.72. The minimum atomic E-state index is 0.161. The van der Waals surface area contributed by atoms with Crippen molar-refractivity contribution < 1.29 is 9.47 Å². The number of ether oxygens (including phenoxy) is 2. The van der Waals surface area contributed by atoms with Crippen LogP contribution in [0.25, 0.3) is 10.9 Å². The van der Waals surface area contributed by atoms with E-state index in [0.29, 0.717) is 0 Å². The first-order valence-electron chi connectivity index (χ1n) is 9.65. The quantitative estimate of drug-likeness (QED) is 0.552. The molecule has 0 radical (unpaired) electrons. The van der Waals surface area contributed by atoms with Crippen molar-refractivity contribution in [2.45, 2.75) is 46.3 Å². The molecule has 0 spiro atoms. The maximum Gasteiger partial charge on any atom is 0.128 e. The van der Waals surface area contributed by atoms with E-state index < -0.39 is 0 Å². The summed E-state index contributed by atoms with van der Waals surface area (Å²) < 4.78 is 11.7. The van der Waals surface area contributed by atoms with Crippen LogP contribution in [-0.4, -0.2) is 34.8 Å². The predicted molar refractivity (Wildman–Crippen MR) is 110 cm³/mol. The number of aromatic nitrogens is 2. The van der Waals surface area contributed by atoms with E-state index in [1.54, 1.807) is 0 Å². The first-order valence-corrected chi connectivity index (χ1v) is 9.65. The Morgan fingerprint density at radius 1 is 1.04 bits per heavy atom. The van der Waals surface area contributed by atoms with E-state index in [2.05, 4.69) is 35.1 Å². The molecular formula is C22H29N3O2. The lowest BCUT2D eigenvalue weighted by molar-refractivity contribution is 0.242. The Kier molecular flexibility index (Phi) is 6.35. The van der Waals surface area contributed by atoms with Crippen molar-refractivity contribution in [3.63, 3.8) is 0 Å². The van der Waals surface area contributed by atoms with Gasteiger partial charge in [0.1, 0.15) is 17.2 Å². The predicted octanol–water partition coefficient (Wildman–Crippen LogP) is 5.37. The van der Waals surface area contributed by atoms with E-state index in [4.69, 9.17) is 9.47 Å². The van der Waals surface area contributed by atoms with Gasteiger partial charge >= 0.3 is 0 Å². The van der Waals surface area contributed by atoms with Crippen LogP contribution in [0.15, 0.2) is 42.5 Å². The summed E-state index contributed by atoms with van der Waals surface area (Å²) in [6, 6.07) is 13.7. The highest BCUT2D eigenvalue weighted by atomic mass is 16.5. The van der Waals surface area contributed by atoms with Gasteiger partial charge < -0.3 is 14.4 Å². The zero-order valence-electron chi connectivity index (χ0n) is 16.7. The van der Waals surface area contributed by atoms with Crippen LogP contribution in [0.1, 0.15) is 39.3 Å². The van der Waals surface area contributed by atoms with Crippen molar-refractivity contribution in [3.8, 4) is 17.2 Å². The van der Waals surface area contributed by atoms with Crippen molar-refractivity contribution in [2.24, 2.45) is 0 Å². The first kappa shape index (κ1) is 19.2. The van der Waals surface area contributed by atoms with Crippen LogP contribution in [-0.2, 0) is 6.54 Å². The molecule has 0 bridgehead atoms. The van der Waals surface area contributed by atoms with Gasteiger partial charge in [0, 0.05) is 11.9 Å². The smallest absolute Gasteiger partial charge is 0.128 e. The molecule has 1 aromatic heterocycles. The van der Waals surface area contributed by atoms with Gasteiger partial charge in [-0.1, -0.05) is 13.3 Å². The lowest BCUT2D eigenvalue weighted by atomic mass is 10.2. The van der Waals surface area contributed by atoms with Crippen LogP contribution in [0.4, 0.5) is 0 Å². The standard InChI is InChI=1S/C22H29N3O2/c1-5-6-13-25(4)15-22-20-14-19(11-12-21(20)23-24-22)27-18-9-7-17(8-10-18)26-16(2)3/h7-12,14,16H,5-6,13,15H2,1-4H3,(H,23,24). The molecule has 1 N–H and O–H groups in total. The molecule has 27 heavy (non-hydrogen) atoms. The molecule has 0 saturated carbocycles. The van der Waals surface area contributed by atoms with Crippen molar-refractivity contribution >= 4 is 10.9 Å². The summed E-state index contributed by atoms with van der Waals surface area (Å²) in [4.78, 5) is 2.32. The Morgan fingerprint density at radius 3 is 2.44 bits per heavy atom. The van der Waals surface area contributed by atoms with Crippen molar-refractivity contribution in [2.75, 3.05) is 13.6 Å². The van der Waals surface area contributed by atoms with Gasteiger partial charge in [0.2, 0.25) is 0 Å². The molecule has 0 unspecified atom stereocenters. The molecular weight excluding hydrogens is 338 g/mol. The highest BCUT2D eigenvalue weighted by molar-refractivity contribution is 5.82. The SMILES string of the molecule is CCCCN(C)Cc1[nH]nc2ccc(Oc3ccc(OC(C)C)cc3)cc12. The van der Waals surface area contributed by atoms with Gasteiger partial charge in [0.15, 0.2) is 0 Å². The van der Waals surface area contributed by atoms with Crippen LogP contribution < -0.4 is 9.47 Å². The number of fused-ring (bicyclic) bond motifs is 1. The molecule has 0 atom stereocenters. The summed E-state index contributed by atoms with van der Waals surface area (Å²) in [5.41, 5.74) is 2.08. The van der Waals surface area contributed by atoms with Gasteiger partial charge in [0.25, 0.3) is 0 Å². The topological polar surface area (TPSA) is 50.4 Å². The Morgan fingerprint density at radius 2 is 1.74 bits per heavy atom. The number of H-pyrrole nitrogens is 1. The summed E-state index contributed by atoms with van der Waals surface area (Å²) in [5, 5.41) is 8.70. The fourth-order valence-electron chi connectivity index (χ4n) is 3.00. The van der Waals surface area contributed by atoms with Crippen LogP contribution in [0.2, 0.25) is 0 Å². The second-order valence-electron chi connectivity index (χ2n) is 7.21. The van der Waals surface area contributed by atoms with Crippen LogP contribution in [0.3, 0.4) is 0 Å². The number of unbranched alkanes of at least 4 members (excludes halogenated alkanes) is 1. The lowest BCUT2D eigenvalue weighted by Crippen LogP contribution is -2.19. The molecule has 5 heteroatoms. The van der Waals surface area contributed by atoms with E-state index in [0.717, 1.165) is 46.9 Å². The van der Waals surface area contributed by atoms with E-state index in [1.165, 1.54) is 12.8 Å². The van der Waals surface area contributed by atoms with Crippen LogP contribution >= 0.6 is 0 Å². The molecule has 0 saturated heterocycles. The number of hydrogen-bond donors (Lipinski definition) is 1. The van der Waals surface area contributed by atoms with E-state index in [1.807, 2.05) is 50.2 Å². The minimum absolute atomic E-state index is 0.161. The first-order chi connectivity index (χ1) is 13.0. The number of benzene rings is 2. The summed E-state index contributed by atoms with van der Waals surface area (Å²) in [6.07, 6.45) is 2.56. The molecule has 3 rings (SSSR count). The highest BCUT2D eigenvalue weighted by Crippen LogP contribution is 2.28. The average molecular weight is 367 g/mol. The maximum atomic E-state index is 6.03. The van der Waals surface area contributed by atoms with Crippen molar-refractivity contribution in [1.29, 1.82) is 0 Å². The second kappa shape index (κ2) is 8.91. The molecule has 0 aliphatic heterocycles. The summed E-state index contributed by atoms with van der Waals surface area (Å²) in [7, 11) is 2.14. The monoisotopic (exact) mass is 367 g/mol. The lowest BCUT2D eigenvalue weighted by Gasteiger charge is -2.15. The molecule has 0 aliphatic rings. The fraction of sp³-hybridized carbons (Fsp3) is 0.409. The summed E-state index contributed by atoms with van der Waals surface area (Å²) in [6.45, 7) is 8.17. The van der Waals surface area contributed by atoms with E-state index in [9.17, 15) is 0 Å². The zero-order chi connectivity index (χ0) is 19.2. The largest absolute Gasteiger partial charge is 0.491 e. The van der Waals surface area contributed by atoms with Gasteiger partial charge in [0.05, 0.1) is 17.3 Å². The molecule has 1 heterocycles. The molecule has 2 aromatic carbocycles. The molecule has 3 aromatic rings. The molecule has 5 nitrogen and oxygen atoms in total. The number of aromatic amines is 1. The van der Waals surface area contributed by atoms with Gasteiger partial charge in [-0.3, -0.25) is 5.10 Å². The Labute approximate surface area is 161 Å². The second-order valence-corrected chi connectivity index (χ2v) is 7.21. The van der Waals surface area contributed by atoms with Crippen molar-refractivity contribution in [3.05, 3.63) is 48.2 Å². The van der Waals surface area contributed by atoms with Gasteiger partial charge in [-0.15, -0.1) is 0 Å². The highest BCUT2D eigenvalue weighted by Gasteiger charge is 2.10. The molecule has 0 fully saturated rings. The third-order valence-electron chi connectivity index (χ3n) is 4.36. The van der Waals surface area contributed by atoms with E-state index >= 15 is 0 Å². The third kappa shape index (κ3) is 5.23. The summed E-state index contributed by atoms with van der Waals surface area (Å²) >= 11 is 0. The summed E-state index contributed by atoms with van der Waals surface area (Å²) in [5.74, 6) is 2.44. The van der Waals surface area contributed by atoms with Crippen LogP contribution in [0.5, 0.6) is 17.2 Å². The van der Waals surface area contributed by atoms with Gasteiger partial charge in [-0.05, 0) is 76.3 Å². The third-order valence-corrected chi connectivity index (χ3v) is 4.36. The van der Waals surface area contributed by atoms with Crippen molar-refractivity contribution in [1.82, 2.24) is 15.1 Å². The Bertz CT molecular complexity index is 856. The van der Waals surface area contributed by atoms with E-state index in [-0.39, 0.29) is 6.10 Å². The number of nitrogens with zero attached hydrogens (tertiary/aromatic N) is 2.